The molecule has 1 rings (SSSR count). The molecule has 0 unspecified atom stereocenters. The molecule has 1 aromatic heterocycles. The van der Waals surface area contributed by atoms with Crippen LogP contribution in [0.4, 0.5) is 0 Å². The molecule has 3 nitrogen and oxygen atoms in total. The molecule has 0 saturated carbocycles. The van der Waals surface area contributed by atoms with Crippen molar-refractivity contribution in [2.45, 2.75) is 6.92 Å². The first-order valence-electron chi connectivity index (χ1n) is 3.21. The van der Waals surface area contributed by atoms with E-state index in [9.17, 15) is 0 Å². The summed E-state index contributed by atoms with van der Waals surface area (Å²) in [6.07, 6.45) is 1.46. The molecule has 1 heterocycles. The molecule has 3 heteroatoms. The van der Waals surface area contributed by atoms with Crippen molar-refractivity contribution in [2.75, 3.05) is 6.61 Å². The van der Waals surface area contributed by atoms with E-state index in [1.54, 1.807) is 6.07 Å². The lowest BCUT2D eigenvalue weighted by Gasteiger charge is -1.89. The summed E-state index contributed by atoms with van der Waals surface area (Å²) in [6, 6.07) is 1.77. The first-order chi connectivity index (χ1) is 5.33. The van der Waals surface area contributed by atoms with Gasteiger partial charge in [0.05, 0.1) is 0 Å². The lowest BCUT2D eigenvalue weighted by Crippen LogP contribution is -1.87. The van der Waals surface area contributed by atoms with Crippen molar-refractivity contribution in [3.8, 4) is 11.8 Å². The summed E-state index contributed by atoms with van der Waals surface area (Å²) >= 11 is 0. The van der Waals surface area contributed by atoms with Crippen LogP contribution in [0.5, 0.6) is 0 Å². The Morgan fingerprint density at radius 1 is 1.55 bits per heavy atom. The molecule has 0 fully saturated rings. The molecule has 0 aliphatic heterocycles. The first kappa shape index (κ1) is 7.70. The predicted molar refractivity (Wildman–Crippen MR) is 40.7 cm³/mol. The van der Waals surface area contributed by atoms with Crippen LogP contribution in [-0.2, 0) is 0 Å². The van der Waals surface area contributed by atoms with Gasteiger partial charge in [0, 0.05) is 5.69 Å². The minimum atomic E-state index is -0.136. The van der Waals surface area contributed by atoms with Crippen molar-refractivity contribution in [2.24, 2.45) is 0 Å². The quantitative estimate of drug-likeness (QED) is 0.532. The highest BCUT2D eigenvalue weighted by Gasteiger charge is 1.87. The molecular weight excluding hydrogens is 140 g/mol. The number of hydrogen-bond donors (Lipinski definition) is 1. The van der Waals surface area contributed by atoms with E-state index in [-0.39, 0.29) is 6.61 Å². The molecule has 0 aliphatic rings. The Hall–Kier alpha value is -1.40. The Morgan fingerprint density at radius 3 is 3.00 bits per heavy atom. The molecule has 56 valence electrons. The Labute approximate surface area is 65.1 Å². The van der Waals surface area contributed by atoms with Gasteiger partial charge in [-0.15, -0.1) is 0 Å². The molecular formula is C8H8N2O. The normalized spacial score (nSPS) is 8.55. The van der Waals surface area contributed by atoms with Crippen LogP contribution in [0.25, 0.3) is 0 Å². The number of aliphatic hydroxyl groups is 1. The zero-order chi connectivity index (χ0) is 8.10. The fourth-order valence-corrected chi connectivity index (χ4v) is 0.653. The van der Waals surface area contributed by atoms with Crippen LogP contribution in [0.15, 0.2) is 12.4 Å². The average molecular weight is 148 g/mol. The molecule has 0 amide bonds. The van der Waals surface area contributed by atoms with E-state index >= 15 is 0 Å². The summed E-state index contributed by atoms with van der Waals surface area (Å²) in [5.74, 6) is 5.19. The summed E-state index contributed by atoms with van der Waals surface area (Å²) < 4.78 is 0. The molecule has 0 saturated heterocycles. The lowest BCUT2D eigenvalue weighted by molar-refractivity contribution is 0.350. The molecule has 1 aromatic rings. The monoisotopic (exact) mass is 148 g/mol. The highest BCUT2D eigenvalue weighted by molar-refractivity contribution is 5.27. The summed E-state index contributed by atoms with van der Waals surface area (Å²) in [5.41, 5.74) is 1.52. The first-order valence-corrected chi connectivity index (χ1v) is 3.21. The second kappa shape index (κ2) is 3.69. The third-order valence-electron chi connectivity index (χ3n) is 1.10. The van der Waals surface area contributed by atoms with Gasteiger partial charge >= 0.3 is 0 Å². The Balaban J connectivity index is 2.87. The van der Waals surface area contributed by atoms with Gasteiger partial charge in [-0.3, -0.25) is 0 Å². The van der Waals surface area contributed by atoms with Crippen molar-refractivity contribution >= 4 is 0 Å². The van der Waals surface area contributed by atoms with Gasteiger partial charge in [0.25, 0.3) is 0 Å². The molecule has 0 bridgehead atoms. The SMILES string of the molecule is Cc1cc(C#CCO)ncn1. The standard InChI is InChI=1S/C8H8N2O/c1-7-5-8(3-2-4-11)10-6-9-7/h5-6,11H,4H2,1H3. The summed E-state index contributed by atoms with van der Waals surface area (Å²) in [6.45, 7) is 1.73. The van der Waals surface area contributed by atoms with E-state index in [0.29, 0.717) is 5.69 Å². The van der Waals surface area contributed by atoms with Crippen molar-refractivity contribution in [3.63, 3.8) is 0 Å². The van der Waals surface area contributed by atoms with Crippen LogP contribution in [0.3, 0.4) is 0 Å². The van der Waals surface area contributed by atoms with Gasteiger partial charge in [-0.25, -0.2) is 9.97 Å². The molecule has 0 aliphatic carbocycles. The molecule has 0 atom stereocenters. The zero-order valence-electron chi connectivity index (χ0n) is 6.20. The molecule has 0 radical (unpaired) electrons. The summed E-state index contributed by atoms with van der Waals surface area (Å²) in [4.78, 5) is 7.79. The number of rotatable bonds is 0. The topological polar surface area (TPSA) is 46.0 Å². The van der Waals surface area contributed by atoms with Gasteiger partial charge in [0.1, 0.15) is 18.6 Å². The summed E-state index contributed by atoms with van der Waals surface area (Å²) in [5, 5.41) is 8.38. The average Bonchev–Trinajstić information content (AvgIpc) is 2.01. The Morgan fingerprint density at radius 2 is 2.36 bits per heavy atom. The second-order valence-electron chi connectivity index (χ2n) is 2.00. The minimum absolute atomic E-state index is 0.136. The van der Waals surface area contributed by atoms with Crippen LogP contribution < -0.4 is 0 Å². The highest BCUT2D eigenvalue weighted by atomic mass is 16.2. The van der Waals surface area contributed by atoms with Gasteiger partial charge in [-0.05, 0) is 18.9 Å². The largest absolute Gasteiger partial charge is 0.384 e. The van der Waals surface area contributed by atoms with Crippen molar-refractivity contribution < 1.29 is 5.11 Å². The van der Waals surface area contributed by atoms with Crippen LogP contribution in [0.1, 0.15) is 11.4 Å². The number of aromatic nitrogens is 2. The van der Waals surface area contributed by atoms with Gasteiger partial charge in [-0.2, -0.15) is 0 Å². The van der Waals surface area contributed by atoms with Crippen molar-refractivity contribution in [1.82, 2.24) is 9.97 Å². The lowest BCUT2D eigenvalue weighted by atomic mass is 10.3. The molecule has 0 aromatic carbocycles. The van der Waals surface area contributed by atoms with E-state index in [1.165, 1.54) is 6.33 Å². The van der Waals surface area contributed by atoms with E-state index in [2.05, 4.69) is 21.8 Å². The number of aliphatic hydroxyl groups excluding tert-OH is 1. The highest BCUT2D eigenvalue weighted by Crippen LogP contribution is 1.92. The van der Waals surface area contributed by atoms with Gasteiger partial charge in [0.15, 0.2) is 0 Å². The predicted octanol–water partition coefficient (Wildman–Crippen LogP) is 0.129. The minimum Gasteiger partial charge on any atom is -0.384 e. The Bertz CT molecular complexity index is 298. The van der Waals surface area contributed by atoms with Crippen LogP contribution >= 0.6 is 0 Å². The van der Waals surface area contributed by atoms with Crippen molar-refractivity contribution in [3.05, 3.63) is 23.8 Å². The number of hydrogen-bond acceptors (Lipinski definition) is 3. The van der Waals surface area contributed by atoms with E-state index < -0.39 is 0 Å². The van der Waals surface area contributed by atoms with Gasteiger partial charge < -0.3 is 5.11 Å². The van der Waals surface area contributed by atoms with E-state index in [0.717, 1.165) is 5.69 Å². The van der Waals surface area contributed by atoms with E-state index in [4.69, 9.17) is 5.11 Å². The molecule has 11 heavy (non-hydrogen) atoms. The maximum absolute atomic E-state index is 8.38. The number of nitrogens with zero attached hydrogens (tertiary/aromatic N) is 2. The van der Waals surface area contributed by atoms with Gasteiger partial charge in [-0.1, -0.05) is 5.92 Å². The molecule has 1 N–H and O–H groups in total. The van der Waals surface area contributed by atoms with Gasteiger partial charge in [0.2, 0.25) is 0 Å². The fraction of sp³-hybridized carbons (Fsp3) is 0.250. The van der Waals surface area contributed by atoms with E-state index in [1.807, 2.05) is 6.92 Å². The Kier molecular flexibility index (Phi) is 2.59. The summed E-state index contributed by atoms with van der Waals surface area (Å²) in [7, 11) is 0. The smallest absolute Gasteiger partial charge is 0.117 e. The van der Waals surface area contributed by atoms with Crippen molar-refractivity contribution in [1.29, 1.82) is 0 Å². The maximum atomic E-state index is 8.38. The third kappa shape index (κ3) is 2.36. The third-order valence-corrected chi connectivity index (χ3v) is 1.10. The number of aryl methyl sites for hydroxylation is 1. The zero-order valence-corrected chi connectivity index (χ0v) is 6.20. The molecule has 0 spiro atoms. The fourth-order valence-electron chi connectivity index (χ4n) is 0.653. The van der Waals surface area contributed by atoms with Crippen LogP contribution in [0.2, 0.25) is 0 Å². The van der Waals surface area contributed by atoms with Crippen LogP contribution in [0, 0.1) is 18.8 Å². The second-order valence-corrected chi connectivity index (χ2v) is 2.00. The maximum Gasteiger partial charge on any atom is 0.117 e. The van der Waals surface area contributed by atoms with Crippen LogP contribution in [-0.4, -0.2) is 21.7 Å².